The van der Waals surface area contributed by atoms with Crippen molar-refractivity contribution in [3.63, 3.8) is 0 Å². The van der Waals surface area contributed by atoms with Crippen LogP contribution in [-0.2, 0) is 0 Å². The van der Waals surface area contributed by atoms with Crippen LogP contribution in [-0.4, -0.2) is 30.1 Å². The minimum atomic E-state index is -0.437. The number of amides is 3. The average molecular weight is 443 g/mol. The van der Waals surface area contributed by atoms with E-state index in [-0.39, 0.29) is 6.04 Å². The van der Waals surface area contributed by atoms with Crippen LogP contribution in [0.25, 0.3) is 0 Å². The fourth-order valence-corrected chi connectivity index (χ4v) is 4.48. The van der Waals surface area contributed by atoms with Gasteiger partial charge in [0, 0.05) is 23.4 Å². The number of carbonyl (C=O) groups is 2. The molecule has 1 heterocycles. The highest BCUT2D eigenvalue weighted by molar-refractivity contribution is 5.95. The summed E-state index contributed by atoms with van der Waals surface area (Å²) >= 11 is 0. The van der Waals surface area contributed by atoms with Gasteiger partial charge in [0.25, 0.3) is 5.91 Å². The van der Waals surface area contributed by atoms with Crippen molar-refractivity contribution in [2.45, 2.75) is 57.9 Å². The number of ether oxygens (including phenoxy) is 1. The molecular weight excluding hydrogens is 411 g/mol. The first-order chi connectivity index (χ1) is 15.4. The molecule has 1 aliphatic rings. The molecule has 172 valence electrons. The van der Waals surface area contributed by atoms with Crippen molar-refractivity contribution < 1.29 is 18.7 Å². The predicted molar refractivity (Wildman–Crippen MR) is 120 cm³/mol. The van der Waals surface area contributed by atoms with E-state index in [2.05, 4.69) is 21.2 Å². The van der Waals surface area contributed by atoms with Crippen LogP contribution in [0.2, 0.25) is 0 Å². The number of nitrogens with zero attached hydrogens (tertiary/aromatic N) is 1. The SMILES string of the molecule is CCC(NC(=O)NNC(=O)c1ccc(OC)cc1)[C@H]1CC[C@@H](c2ccnc(F)c2C)CC1. The van der Waals surface area contributed by atoms with Crippen molar-refractivity contribution in [1.29, 1.82) is 0 Å². The Morgan fingerprint density at radius 2 is 1.81 bits per heavy atom. The number of urea groups is 1. The van der Waals surface area contributed by atoms with Gasteiger partial charge in [-0.25, -0.2) is 15.2 Å². The van der Waals surface area contributed by atoms with Gasteiger partial charge in [0.1, 0.15) is 5.75 Å². The van der Waals surface area contributed by atoms with E-state index in [4.69, 9.17) is 4.74 Å². The Kier molecular flexibility index (Phi) is 8.03. The van der Waals surface area contributed by atoms with Crippen molar-refractivity contribution in [2.24, 2.45) is 5.92 Å². The second-order valence-electron chi connectivity index (χ2n) is 8.22. The number of methoxy groups -OCH3 is 1. The highest BCUT2D eigenvalue weighted by atomic mass is 19.1. The fourth-order valence-electron chi connectivity index (χ4n) is 4.48. The maximum absolute atomic E-state index is 13.8. The van der Waals surface area contributed by atoms with Crippen LogP contribution in [0, 0.1) is 18.8 Å². The first-order valence-corrected chi connectivity index (χ1v) is 11.0. The van der Waals surface area contributed by atoms with Gasteiger partial charge in [-0.3, -0.25) is 10.2 Å². The van der Waals surface area contributed by atoms with Crippen LogP contribution in [0.15, 0.2) is 36.5 Å². The second-order valence-corrected chi connectivity index (χ2v) is 8.22. The summed E-state index contributed by atoms with van der Waals surface area (Å²) in [5.74, 6) is 0.504. The van der Waals surface area contributed by atoms with Crippen LogP contribution in [0.4, 0.5) is 9.18 Å². The number of rotatable bonds is 6. The van der Waals surface area contributed by atoms with Gasteiger partial charge in [-0.15, -0.1) is 0 Å². The molecule has 1 aromatic heterocycles. The zero-order valence-corrected chi connectivity index (χ0v) is 18.8. The molecular formula is C24H31FN4O3. The zero-order chi connectivity index (χ0) is 23.1. The van der Waals surface area contributed by atoms with Crippen LogP contribution in [0.3, 0.4) is 0 Å². The van der Waals surface area contributed by atoms with Crippen molar-refractivity contribution in [3.8, 4) is 5.75 Å². The lowest BCUT2D eigenvalue weighted by Crippen LogP contribution is -2.51. The summed E-state index contributed by atoms with van der Waals surface area (Å²) in [7, 11) is 1.55. The van der Waals surface area contributed by atoms with Crippen molar-refractivity contribution in [2.75, 3.05) is 7.11 Å². The van der Waals surface area contributed by atoms with Gasteiger partial charge in [0.2, 0.25) is 5.95 Å². The summed E-state index contributed by atoms with van der Waals surface area (Å²) in [4.78, 5) is 28.3. The summed E-state index contributed by atoms with van der Waals surface area (Å²) in [6.45, 7) is 3.82. The largest absolute Gasteiger partial charge is 0.497 e. The van der Waals surface area contributed by atoms with Crippen LogP contribution in [0.1, 0.15) is 66.4 Å². The molecule has 0 bridgehead atoms. The molecule has 0 saturated heterocycles. The number of hydrogen-bond donors (Lipinski definition) is 3. The van der Waals surface area contributed by atoms with E-state index >= 15 is 0 Å². The smallest absolute Gasteiger partial charge is 0.333 e. The molecule has 3 amide bonds. The number of halogens is 1. The summed E-state index contributed by atoms with van der Waals surface area (Å²) in [5, 5.41) is 2.98. The molecule has 0 radical (unpaired) electrons. The van der Waals surface area contributed by atoms with E-state index in [9.17, 15) is 14.0 Å². The number of nitrogens with one attached hydrogen (secondary N) is 3. The lowest BCUT2D eigenvalue weighted by Gasteiger charge is -2.34. The molecule has 0 spiro atoms. The molecule has 32 heavy (non-hydrogen) atoms. The van der Waals surface area contributed by atoms with E-state index < -0.39 is 17.9 Å². The number of aromatic nitrogens is 1. The summed E-state index contributed by atoms with van der Waals surface area (Å²) in [5.41, 5.74) is 6.94. The Labute approximate surface area is 188 Å². The first-order valence-electron chi connectivity index (χ1n) is 11.0. The number of hydrazine groups is 1. The third-order valence-electron chi connectivity index (χ3n) is 6.36. The van der Waals surface area contributed by atoms with E-state index in [1.54, 1.807) is 38.3 Å². The number of hydrogen-bond acceptors (Lipinski definition) is 4. The van der Waals surface area contributed by atoms with Gasteiger partial charge in [0.15, 0.2) is 0 Å². The number of carbonyl (C=O) groups excluding carboxylic acids is 2. The fraction of sp³-hybridized carbons (Fsp3) is 0.458. The van der Waals surface area contributed by atoms with E-state index in [1.807, 2.05) is 13.0 Å². The molecule has 1 unspecified atom stereocenters. The molecule has 1 atom stereocenters. The minimum absolute atomic E-state index is 0.00381. The van der Waals surface area contributed by atoms with Gasteiger partial charge >= 0.3 is 6.03 Å². The zero-order valence-electron chi connectivity index (χ0n) is 18.8. The molecule has 3 rings (SSSR count). The number of benzene rings is 1. The van der Waals surface area contributed by atoms with Gasteiger partial charge in [-0.2, -0.15) is 4.39 Å². The van der Waals surface area contributed by atoms with Gasteiger partial charge in [-0.1, -0.05) is 6.92 Å². The number of pyridine rings is 1. The topological polar surface area (TPSA) is 92.4 Å². The lowest BCUT2D eigenvalue weighted by molar-refractivity contribution is 0.0935. The molecule has 1 aromatic carbocycles. The Morgan fingerprint density at radius 1 is 1.12 bits per heavy atom. The maximum atomic E-state index is 13.8. The molecule has 7 nitrogen and oxygen atoms in total. The van der Waals surface area contributed by atoms with Gasteiger partial charge < -0.3 is 10.1 Å². The van der Waals surface area contributed by atoms with Crippen LogP contribution < -0.4 is 20.9 Å². The first kappa shape index (κ1) is 23.5. The molecule has 0 aliphatic heterocycles. The van der Waals surface area contributed by atoms with Crippen LogP contribution >= 0.6 is 0 Å². The van der Waals surface area contributed by atoms with Crippen molar-refractivity contribution in [3.05, 3.63) is 59.2 Å². The van der Waals surface area contributed by atoms with Gasteiger partial charge in [0.05, 0.1) is 7.11 Å². The Balaban J connectivity index is 1.48. The maximum Gasteiger partial charge on any atom is 0.333 e. The molecule has 3 N–H and O–H groups in total. The Bertz CT molecular complexity index is 927. The normalized spacial score (nSPS) is 19.0. The highest BCUT2D eigenvalue weighted by Gasteiger charge is 2.29. The molecule has 2 aromatic rings. The lowest BCUT2D eigenvalue weighted by atomic mass is 9.75. The summed E-state index contributed by atoms with van der Waals surface area (Å²) in [6.07, 6.45) is 6.12. The van der Waals surface area contributed by atoms with E-state index in [1.165, 1.54) is 6.20 Å². The van der Waals surface area contributed by atoms with Gasteiger partial charge in [-0.05, 0) is 86.8 Å². The van der Waals surface area contributed by atoms with E-state index in [0.29, 0.717) is 28.7 Å². The van der Waals surface area contributed by atoms with Crippen molar-refractivity contribution in [1.82, 2.24) is 21.2 Å². The molecule has 1 aliphatic carbocycles. The third-order valence-corrected chi connectivity index (χ3v) is 6.36. The quantitative estimate of drug-likeness (QED) is 0.461. The summed E-state index contributed by atoms with van der Waals surface area (Å²) < 4.78 is 18.9. The molecule has 1 fully saturated rings. The molecule has 8 heteroatoms. The minimum Gasteiger partial charge on any atom is -0.497 e. The monoisotopic (exact) mass is 442 g/mol. The molecule has 1 saturated carbocycles. The standard InChI is InChI=1S/C24H31FN4O3/c1-4-21(17-7-5-16(6-8-17)20-13-14-26-22(25)15(20)2)27-24(31)29-28-23(30)18-9-11-19(32-3)12-10-18/h9-14,16-17,21H,4-8H2,1-3H3,(H,28,30)(H2,27,29,31)/t16-,17+,21?. The average Bonchev–Trinajstić information content (AvgIpc) is 2.83. The highest BCUT2D eigenvalue weighted by Crippen LogP contribution is 2.38. The Morgan fingerprint density at radius 3 is 2.44 bits per heavy atom. The van der Waals surface area contributed by atoms with Crippen LogP contribution in [0.5, 0.6) is 5.75 Å². The second kappa shape index (κ2) is 10.9. The van der Waals surface area contributed by atoms with E-state index in [0.717, 1.165) is 37.7 Å². The predicted octanol–water partition coefficient (Wildman–Crippen LogP) is 4.23. The van der Waals surface area contributed by atoms with Crippen molar-refractivity contribution >= 4 is 11.9 Å². The summed E-state index contributed by atoms with van der Waals surface area (Å²) in [6, 6.07) is 8.09. The Hall–Kier alpha value is -3.16. The third kappa shape index (κ3) is 5.75.